The van der Waals surface area contributed by atoms with Gasteiger partial charge in [0.05, 0.1) is 24.8 Å². The third-order valence-electron chi connectivity index (χ3n) is 3.59. The van der Waals surface area contributed by atoms with Crippen molar-refractivity contribution in [2.45, 2.75) is 12.8 Å². The molecule has 0 aliphatic rings. The van der Waals surface area contributed by atoms with Gasteiger partial charge < -0.3 is 9.47 Å². The van der Waals surface area contributed by atoms with E-state index in [1.54, 1.807) is 18.0 Å². The lowest BCUT2D eigenvalue weighted by Gasteiger charge is -2.07. The highest BCUT2D eigenvalue weighted by Crippen LogP contribution is 2.17. The molecule has 0 fully saturated rings. The van der Waals surface area contributed by atoms with Crippen LogP contribution in [0.5, 0.6) is 11.5 Å². The molecular formula is C18H18N2O3. The van der Waals surface area contributed by atoms with Crippen LogP contribution in [0.25, 0.3) is 11.0 Å². The molecule has 0 saturated heterocycles. The Bertz CT molecular complexity index is 793. The number of carbonyl (C=O) groups is 1. The lowest BCUT2D eigenvalue weighted by Crippen LogP contribution is -2.10. The van der Waals surface area contributed by atoms with Crippen molar-refractivity contribution < 1.29 is 14.3 Å². The van der Waals surface area contributed by atoms with E-state index >= 15 is 0 Å². The maximum absolute atomic E-state index is 12.3. The number of ether oxygens (including phenoxy) is 2. The van der Waals surface area contributed by atoms with Gasteiger partial charge in [0.2, 0.25) is 5.91 Å². The molecule has 118 valence electrons. The van der Waals surface area contributed by atoms with E-state index < -0.39 is 0 Å². The van der Waals surface area contributed by atoms with Gasteiger partial charge in [0.15, 0.2) is 0 Å². The van der Waals surface area contributed by atoms with Gasteiger partial charge in [-0.2, -0.15) is 0 Å². The number of para-hydroxylation sites is 2. The standard InChI is InChI=1S/C18H18N2O3/c1-22-14-8-10-15(11-9-14)23-12-4-7-18(21)20-13-19-16-5-2-3-6-17(16)20/h2-3,5-6,8-11,13H,4,7,12H2,1H3. The molecule has 0 spiro atoms. The Morgan fingerprint density at radius 2 is 1.83 bits per heavy atom. The van der Waals surface area contributed by atoms with Crippen molar-refractivity contribution in [1.29, 1.82) is 0 Å². The molecule has 3 aromatic rings. The lowest BCUT2D eigenvalue weighted by molar-refractivity contribution is 0.0898. The van der Waals surface area contributed by atoms with Gasteiger partial charge >= 0.3 is 0 Å². The second-order valence-corrected chi connectivity index (χ2v) is 5.12. The number of rotatable bonds is 6. The first-order valence-electron chi connectivity index (χ1n) is 7.50. The van der Waals surface area contributed by atoms with Crippen molar-refractivity contribution in [2.24, 2.45) is 0 Å². The molecule has 2 aromatic carbocycles. The van der Waals surface area contributed by atoms with E-state index in [4.69, 9.17) is 9.47 Å². The van der Waals surface area contributed by atoms with Crippen molar-refractivity contribution in [3.05, 3.63) is 54.9 Å². The zero-order valence-corrected chi connectivity index (χ0v) is 12.9. The quantitative estimate of drug-likeness (QED) is 0.653. The molecule has 23 heavy (non-hydrogen) atoms. The van der Waals surface area contributed by atoms with Crippen LogP contribution in [0.3, 0.4) is 0 Å². The highest BCUT2D eigenvalue weighted by Gasteiger charge is 2.09. The summed E-state index contributed by atoms with van der Waals surface area (Å²) in [5.74, 6) is 1.59. The number of hydrogen-bond donors (Lipinski definition) is 0. The summed E-state index contributed by atoms with van der Waals surface area (Å²) in [5.41, 5.74) is 1.67. The Morgan fingerprint density at radius 1 is 1.09 bits per heavy atom. The average molecular weight is 310 g/mol. The number of fused-ring (bicyclic) bond motifs is 1. The predicted octanol–water partition coefficient (Wildman–Crippen LogP) is 3.54. The summed E-state index contributed by atoms with van der Waals surface area (Å²) in [6.07, 6.45) is 2.64. The van der Waals surface area contributed by atoms with Gasteiger partial charge in [-0.25, -0.2) is 4.98 Å². The molecule has 0 bridgehead atoms. The highest BCUT2D eigenvalue weighted by molar-refractivity contribution is 5.90. The van der Waals surface area contributed by atoms with E-state index in [1.807, 2.05) is 48.5 Å². The number of aromatic nitrogens is 2. The summed E-state index contributed by atoms with van der Waals surface area (Å²) in [6.45, 7) is 0.491. The number of imidazole rings is 1. The Kier molecular flexibility index (Phi) is 4.57. The van der Waals surface area contributed by atoms with Crippen molar-refractivity contribution in [3.8, 4) is 11.5 Å². The molecule has 5 heteroatoms. The van der Waals surface area contributed by atoms with E-state index in [2.05, 4.69) is 4.98 Å². The predicted molar refractivity (Wildman–Crippen MR) is 88.1 cm³/mol. The molecule has 1 aromatic heterocycles. The Labute approximate surface area is 134 Å². The summed E-state index contributed by atoms with van der Waals surface area (Å²) < 4.78 is 12.3. The summed E-state index contributed by atoms with van der Waals surface area (Å²) in [4.78, 5) is 16.5. The first kappa shape index (κ1) is 15.1. The average Bonchev–Trinajstić information content (AvgIpc) is 3.03. The third-order valence-corrected chi connectivity index (χ3v) is 3.59. The Hall–Kier alpha value is -2.82. The summed E-state index contributed by atoms with van der Waals surface area (Å²) in [7, 11) is 1.63. The van der Waals surface area contributed by atoms with E-state index in [9.17, 15) is 4.79 Å². The van der Waals surface area contributed by atoms with Crippen LogP contribution >= 0.6 is 0 Å². The lowest BCUT2D eigenvalue weighted by atomic mass is 10.2. The molecule has 5 nitrogen and oxygen atoms in total. The van der Waals surface area contributed by atoms with Crippen LogP contribution in [-0.4, -0.2) is 29.2 Å². The monoisotopic (exact) mass is 310 g/mol. The maximum Gasteiger partial charge on any atom is 0.232 e. The largest absolute Gasteiger partial charge is 0.497 e. The van der Waals surface area contributed by atoms with Gasteiger partial charge in [0.25, 0.3) is 0 Å². The van der Waals surface area contributed by atoms with Crippen molar-refractivity contribution in [3.63, 3.8) is 0 Å². The van der Waals surface area contributed by atoms with Gasteiger partial charge in [-0.05, 0) is 42.8 Å². The summed E-state index contributed by atoms with van der Waals surface area (Å²) in [6, 6.07) is 15.0. The van der Waals surface area contributed by atoms with E-state index in [0.29, 0.717) is 19.4 Å². The van der Waals surface area contributed by atoms with Crippen molar-refractivity contribution in [2.75, 3.05) is 13.7 Å². The van der Waals surface area contributed by atoms with Crippen LogP contribution in [0, 0.1) is 0 Å². The normalized spacial score (nSPS) is 10.7. The van der Waals surface area contributed by atoms with Gasteiger partial charge in [-0.15, -0.1) is 0 Å². The number of benzene rings is 2. The molecule has 0 atom stereocenters. The zero-order chi connectivity index (χ0) is 16.1. The molecule has 0 unspecified atom stereocenters. The van der Waals surface area contributed by atoms with Crippen LogP contribution in [0.15, 0.2) is 54.9 Å². The third kappa shape index (κ3) is 3.51. The van der Waals surface area contributed by atoms with Crippen LogP contribution in [0.2, 0.25) is 0 Å². The fraction of sp³-hybridized carbons (Fsp3) is 0.222. The number of hydrogen-bond acceptors (Lipinski definition) is 4. The smallest absolute Gasteiger partial charge is 0.232 e. The molecule has 0 saturated carbocycles. The second-order valence-electron chi connectivity index (χ2n) is 5.12. The molecule has 0 N–H and O–H groups in total. The molecule has 0 amide bonds. The van der Waals surface area contributed by atoms with E-state index in [-0.39, 0.29) is 5.91 Å². The molecule has 0 aliphatic heterocycles. The van der Waals surface area contributed by atoms with E-state index in [0.717, 1.165) is 22.5 Å². The topological polar surface area (TPSA) is 53.4 Å². The Balaban J connectivity index is 1.51. The van der Waals surface area contributed by atoms with Crippen LogP contribution < -0.4 is 9.47 Å². The van der Waals surface area contributed by atoms with Crippen LogP contribution in [0.1, 0.15) is 17.6 Å². The Morgan fingerprint density at radius 3 is 2.61 bits per heavy atom. The minimum absolute atomic E-state index is 0.0250. The molecular weight excluding hydrogens is 292 g/mol. The van der Waals surface area contributed by atoms with Gasteiger partial charge in [-0.1, -0.05) is 12.1 Å². The fourth-order valence-corrected chi connectivity index (χ4v) is 2.36. The number of methoxy groups -OCH3 is 1. The van der Waals surface area contributed by atoms with Gasteiger partial charge in [-0.3, -0.25) is 9.36 Å². The first-order chi connectivity index (χ1) is 11.3. The summed E-state index contributed by atoms with van der Waals surface area (Å²) in [5, 5.41) is 0. The maximum atomic E-state index is 12.3. The first-order valence-corrected chi connectivity index (χ1v) is 7.50. The van der Waals surface area contributed by atoms with Crippen LogP contribution in [0.4, 0.5) is 0 Å². The molecule has 0 radical (unpaired) electrons. The SMILES string of the molecule is COc1ccc(OCCCC(=O)n2cnc3ccccc32)cc1. The minimum atomic E-state index is 0.0250. The van der Waals surface area contributed by atoms with Crippen molar-refractivity contribution >= 4 is 16.9 Å². The van der Waals surface area contributed by atoms with E-state index in [1.165, 1.54) is 0 Å². The second kappa shape index (κ2) is 6.96. The number of carbonyl (C=O) groups excluding carboxylic acids is 1. The highest BCUT2D eigenvalue weighted by atomic mass is 16.5. The van der Waals surface area contributed by atoms with Crippen molar-refractivity contribution in [1.82, 2.24) is 9.55 Å². The minimum Gasteiger partial charge on any atom is -0.497 e. The molecule has 3 rings (SSSR count). The molecule has 0 aliphatic carbocycles. The zero-order valence-electron chi connectivity index (χ0n) is 12.9. The summed E-state index contributed by atoms with van der Waals surface area (Å²) >= 11 is 0. The fourth-order valence-electron chi connectivity index (χ4n) is 2.36. The van der Waals surface area contributed by atoms with Gasteiger partial charge in [0.1, 0.15) is 17.8 Å². The number of nitrogens with zero attached hydrogens (tertiary/aromatic N) is 2. The van der Waals surface area contributed by atoms with Crippen LogP contribution in [-0.2, 0) is 0 Å². The van der Waals surface area contributed by atoms with Gasteiger partial charge in [0, 0.05) is 6.42 Å². The molecule has 1 heterocycles.